The van der Waals surface area contributed by atoms with E-state index in [4.69, 9.17) is 11.6 Å². The molecule has 2 amide bonds. The summed E-state index contributed by atoms with van der Waals surface area (Å²) in [6.45, 7) is 0.558. The maximum Gasteiger partial charge on any atom is 0.257 e. The Morgan fingerprint density at radius 2 is 1.92 bits per heavy atom. The van der Waals surface area contributed by atoms with Gasteiger partial charge in [-0.1, -0.05) is 49.1 Å². The maximum absolute atomic E-state index is 15.0. The maximum atomic E-state index is 15.0. The topological polar surface area (TPSA) is 77.2 Å². The van der Waals surface area contributed by atoms with Crippen LogP contribution in [0.25, 0.3) is 10.9 Å². The highest BCUT2D eigenvalue weighted by Crippen LogP contribution is 2.29. The van der Waals surface area contributed by atoms with Crippen LogP contribution in [0.5, 0.6) is 0 Å². The third kappa shape index (κ3) is 5.80. The lowest BCUT2D eigenvalue weighted by atomic mass is 9.95. The number of hydrogen-bond donors (Lipinski definition) is 3. The predicted octanol–water partition coefficient (Wildman–Crippen LogP) is 5.62. The van der Waals surface area contributed by atoms with Gasteiger partial charge in [0.05, 0.1) is 29.2 Å². The Hall–Kier alpha value is -2.97. The van der Waals surface area contributed by atoms with E-state index in [-0.39, 0.29) is 47.6 Å². The Bertz CT molecular complexity index is 1290. The van der Waals surface area contributed by atoms with Crippen LogP contribution in [0.4, 0.5) is 14.5 Å². The molecule has 37 heavy (non-hydrogen) atoms. The van der Waals surface area contributed by atoms with Crippen LogP contribution in [0, 0.1) is 5.82 Å². The first-order valence-corrected chi connectivity index (χ1v) is 13.3. The third-order valence-corrected chi connectivity index (χ3v) is 7.80. The van der Waals surface area contributed by atoms with Crippen molar-refractivity contribution in [1.29, 1.82) is 0 Å². The van der Waals surface area contributed by atoms with Crippen molar-refractivity contribution in [2.24, 2.45) is 0 Å². The number of nitrogens with one attached hydrogen (secondary N) is 3. The van der Waals surface area contributed by atoms with Crippen molar-refractivity contribution in [3.63, 3.8) is 0 Å². The van der Waals surface area contributed by atoms with Crippen LogP contribution in [0.1, 0.15) is 54.4 Å². The molecule has 6 nitrogen and oxygen atoms in total. The Balaban J connectivity index is 1.24. The highest BCUT2D eigenvalue weighted by Gasteiger charge is 2.35. The number of anilines is 1. The Kier molecular flexibility index (Phi) is 7.76. The van der Waals surface area contributed by atoms with Crippen molar-refractivity contribution >= 4 is 40.0 Å². The van der Waals surface area contributed by atoms with E-state index >= 15 is 4.39 Å². The number of carbonyl (C=O) groups excluding carboxylic acids is 2. The fourth-order valence-electron chi connectivity index (χ4n) is 5.50. The van der Waals surface area contributed by atoms with Crippen LogP contribution >= 0.6 is 11.6 Å². The fraction of sp³-hybridized carbons (Fsp3) is 0.429. The molecule has 3 aromatic rings. The lowest BCUT2D eigenvalue weighted by molar-refractivity contribution is -0.131. The number of amides is 2. The zero-order valence-corrected chi connectivity index (χ0v) is 21.3. The van der Waals surface area contributed by atoms with Gasteiger partial charge in [0.25, 0.3) is 5.91 Å². The van der Waals surface area contributed by atoms with Crippen molar-refractivity contribution in [3.05, 3.63) is 64.6 Å². The molecule has 1 aliphatic carbocycles. The SMILES string of the molecule is O=C(Nc1cc(F)c(CC(=O)N2C[C@@H](F)C[C@H]2CNC2CCCCC2)cc1Cl)c1c[nH]c2ccccc12. The van der Waals surface area contributed by atoms with E-state index < -0.39 is 17.9 Å². The number of rotatable bonds is 7. The molecule has 2 aliphatic rings. The number of H-pyrrole nitrogens is 1. The second-order valence-corrected chi connectivity index (χ2v) is 10.5. The Morgan fingerprint density at radius 3 is 2.73 bits per heavy atom. The molecule has 2 fully saturated rings. The number of halogens is 3. The van der Waals surface area contributed by atoms with E-state index in [1.807, 2.05) is 24.3 Å². The summed E-state index contributed by atoms with van der Waals surface area (Å²) >= 11 is 6.37. The van der Waals surface area contributed by atoms with Crippen LogP contribution in [0.3, 0.4) is 0 Å². The third-order valence-electron chi connectivity index (χ3n) is 7.49. The molecule has 2 atom stereocenters. The van der Waals surface area contributed by atoms with Gasteiger partial charge in [-0.2, -0.15) is 0 Å². The van der Waals surface area contributed by atoms with Crippen molar-refractivity contribution < 1.29 is 18.4 Å². The van der Waals surface area contributed by atoms with Crippen LogP contribution in [0.2, 0.25) is 5.02 Å². The van der Waals surface area contributed by atoms with Gasteiger partial charge in [-0.25, -0.2) is 8.78 Å². The van der Waals surface area contributed by atoms with Crippen LogP contribution in [-0.4, -0.2) is 53.0 Å². The summed E-state index contributed by atoms with van der Waals surface area (Å²) in [6.07, 6.45) is 6.40. The van der Waals surface area contributed by atoms with Gasteiger partial charge in [0.15, 0.2) is 0 Å². The van der Waals surface area contributed by atoms with E-state index in [9.17, 15) is 14.0 Å². The molecule has 0 radical (unpaired) electrons. The lowest BCUT2D eigenvalue weighted by Gasteiger charge is -2.29. The second kappa shape index (κ2) is 11.2. The second-order valence-electron chi connectivity index (χ2n) is 10.1. The molecule has 0 spiro atoms. The molecule has 2 heterocycles. The molecule has 1 aliphatic heterocycles. The molecular formula is C28H31ClF2N4O2. The van der Waals surface area contributed by atoms with Gasteiger partial charge in [0.2, 0.25) is 5.91 Å². The number of benzene rings is 2. The number of nitrogens with zero attached hydrogens (tertiary/aromatic N) is 1. The molecule has 0 bridgehead atoms. The normalized spacial score (nSPS) is 20.5. The van der Waals surface area contributed by atoms with Gasteiger partial charge in [0, 0.05) is 42.1 Å². The minimum Gasteiger partial charge on any atom is -0.360 e. The van der Waals surface area contributed by atoms with Crippen LogP contribution in [-0.2, 0) is 11.2 Å². The van der Waals surface area contributed by atoms with Gasteiger partial charge >= 0.3 is 0 Å². The Morgan fingerprint density at radius 1 is 1.14 bits per heavy atom. The number of hydrogen-bond acceptors (Lipinski definition) is 3. The highest BCUT2D eigenvalue weighted by molar-refractivity contribution is 6.34. The standard InChI is InChI=1S/C28H31ClF2N4O2/c29-23-10-17(11-27(36)35-16-18(30)12-20(35)14-32-19-6-2-1-3-7-19)24(31)13-26(23)34-28(37)22-15-33-25-9-5-4-8-21(22)25/h4-5,8-10,13,15,18-20,32-33H,1-3,6-7,11-12,14,16H2,(H,34,37)/t18-,20-/m0/s1. The predicted molar refractivity (Wildman–Crippen MR) is 141 cm³/mol. The summed E-state index contributed by atoms with van der Waals surface area (Å²) in [4.78, 5) is 30.5. The molecule has 1 saturated heterocycles. The van der Waals surface area contributed by atoms with E-state index in [0.29, 0.717) is 18.2 Å². The largest absolute Gasteiger partial charge is 0.360 e. The fourth-order valence-corrected chi connectivity index (χ4v) is 5.73. The van der Waals surface area contributed by atoms with Gasteiger partial charge in [-0.15, -0.1) is 0 Å². The Labute approximate surface area is 219 Å². The molecule has 3 N–H and O–H groups in total. The molecule has 9 heteroatoms. The zero-order chi connectivity index (χ0) is 25.9. The number of fused-ring (bicyclic) bond motifs is 1. The summed E-state index contributed by atoms with van der Waals surface area (Å²) in [5.41, 5.74) is 1.45. The molecule has 5 rings (SSSR count). The van der Waals surface area contributed by atoms with Crippen molar-refractivity contribution in [3.8, 4) is 0 Å². The summed E-state index contributed by atoms with van der Waals surface area (Å²) < 4.78 is 29.3. The first-order valence-electron chi connectivity index (χ1n) is 12.9. The zero-order valence-electron chi connectivity index (χ0n) is 20.5. The summed E-state index contributed by atoms with van der Waals surface area (Å²) in [5, 5.41) is 7.02. The van der Waals surface area contributed by atoms with E-state index in [0.717, 1.165) is 29.8 Å². The monoisotopic (exact) mass is 528 g/mol. The lowest BCUT2D eigenvalue weighted by Crippen LogP contribution is -2.45. The van der Waals surface area contributed by atoms with E-state index in [1.54, 1.807) is 6.20 Å². The highest BCUT2D eigenvalue weighted by atomic mass is 35.5. The number of aromatic nitrogens is 1. The van der Waals surface area contributed by atoms with Crippen molar-refractivity contribution in [2.45, 2.75) is 63.2 Å². The first-order chi connectivity index (χ1) is 17.9. The van der Waals surface area contributed by atoms with Gasteiger partial charge in [0.1, 0.15) is 12.0 Å². The van der Waals surface area contributed by atoms with Gasteiger partial charge in [-0.05, 0) is 36.6 Å². The number of carbonyl (C=O) groups is 2. The van der Waals surface area contributed by atoms with E-state index in [1.165, 1.54) is 30.2 Å². The average Bonchev–Trinajstić information content (AvgIpc) is 3.50. The quantitative estimate of drug-likeness (QED) is 0.373. The molecule has 0 unspecified atom stereocenters. The minimum atomic E-state index is -1.09. The summed E-state index contributed by atoms with van der Waals surface area (Å²) in [7, 11) is 0. The summed E-state index contributed by atoms with van der Waals surface area (Å²) in [6, 6.07) is 10.00. The van der Waals surface area contributed by atoms with Crippen LogP contribution in [0.15, 0.2) is 42.6 Å². The summed E-state index contributed by atoms with van der Waals surface area (Å²) in [5.74, 6) is -1.41. The van der Waals surface area contributed by atoms with Crippen LogP contribution < -0.4 is 10.6 Å². The molecule has 1 aromatic heterocycles. The number of likely N-dealkylation sites (tertiary alicyclic amines) is 1. The average molecular weight is 529 g/mol. The van der Waals surface area contributed by atoms with Crippen molar-refractivity contribution in [2.75, 3.05) is 18.4 Å². The van der Waals surface area contributed by atoms with E-state index in [2.05, 4.69) is 15.6 Å². The first kappa shape index (κ1) is 25.7. The number of para-hydroxylation sites is 1. The van der Waals surface area contributed by atoms with Gasteiger partial charge in [-0.3, -0.25) is 9.59 Å². The molecule has 196 valence electrons. The van der Waals surface area contributed by atoms with Crippen molar-refractivity contribution in [1.82, 2.24) is 15.2 Å². The minimum absolute atomic E-state index is 0.0178. The smallest absolute Gasteiger partial charge is 0.257 e. The number of aromatic amines is 1. The number of alkyl halides is 1. The van der Waals surface area contributed by atoms with Gasteiger partial charge < -0.3 is 20.5 Å². The molecular weight excluding hydrogens is 498 g/mol. The molecule has 2 aromatic carbocycles. The molecule has 1 saturated carbocycles.